The minimum atomic E-state index is 1.14. The molecular weight excluding hydrogens is 440 g/mol. The lowest BCUT2D eigenvalue weighted by atomic mass is 10.1. The van der Waals surface area contributed by atoms with Crippen LogP contribution in [0.25, 0.3) is 40.3 Å². The summed E-state index contributed by atoms with van der Waals surface area (Å²) in [4.78, 5) is 0. The highest BCUT2D eigenvalue weighted by molar-refractivity contribution is 9.10. The van der Waals surface area contributed by atoms with E-state index < -0.39 is 0 Å². The summed E-state index contributed by atoms with van der Waals surface area (Å²) in [5, 5.41) is 5.43. The predicted octanol–water partition coefficient (Wildman–Crippen LogP) is 7.95. The Morgan fingerprint density at radius 3 is 1.36 bits per heavy atom. The van der Waals surface area contributed by atoms with Crippen molar-refractivity contribution in [1.82, 2.24) is 0 Å². The first-order chi connectivity index (χ1) is 10.7. The van der Waals surface area contributed by atoms with E-state index in [2.05, 4.69) is 80.4 Å². The zero-order valence-corrected chi connectivity index (χ0v) is 16.0. The molecule has 0 spiro atoms. The molecular formula is C18H8Br2S2. The van der Waals surface area contributed by atoms with E-state index in [0.717, 1.165) is 8.95 Å². The van der Waals surface area contributed by atoms with Gasteiger partial charge in [-0.05, 0) is 36.4 Å². The van der Waals surface area contributed by atoms with Gasteiger partial charge in [-0.2, -0.15) is 0 Å². The molecule has 0 saturated heterocycles. The third-order valence-corrected chi connectivity index (χ3v) is 7.21. The van der Waals surface area contributed by atoms with E-state index in [4.69, 9.17) is 0 Å². The minimum absolute atomic E-state index is 1.14. The van der Waals surface area contributed by atoms with E-state index in [1.54, 1.807) is 0 Å². The summed E-state index contributed by atoms with van der Waals surface area (Å²) >= 11 is 10.9. The molecule has 2 aromatic heterocycles. The average Bonchev–Trinajstić information content (AvgIpc) is 3.00. The molecule has 0 radical (unpaired) electrons. The number of thiophene rings is 2. The number of rotatable bonds is 0. The van der Waals surface area contributed by atoms with E-state index in [0.29, 0.717) is 0 Å². The van der Waals surface area contributed by atoms with Crippen molar-refractivity contribution in [1.29, 1.82) is 0 Å². The van der Waals surface area contributed by atoms with E-state index in [1.807, 2.05) is 22.7 Å². The molecule has 0 bridgehead atoms. The monoisotopic (exact) mass is 446 g/mol. The van der Waals surface area contributed by atoms with Gasteiger partial charge in [0.1, 0.15) is 0 Å². The third kappa shape index (κ3) is 1.91. The molecule has 5 aromatic rings. The topological polar surface area (TPSA) is 0 Å². The summed E-state index contributed by atoms with van der Waals surface area (Å²) in [6.07, 6.45) is 0. The molecule has 0 fully saturated rings. The van der Waals surface area contributed by atoms with Gasteiger partial charge < -0.3 is 0 Å². The smallest absolute Gasteiger partial charge is 0.0366 e. The zero-order chi connectivity index (χ0) is 14.8. The lowest BCUT2D eigenvalue weighted by molar-refractivity contribution is 1.78. The fourth-order valence-electron chi connectivity index (χ4n) is 2.99. The molecule has 0 unspecified atom stereocenters. The van der Waals surface area contributed by atoms with Gasteiger partial charge in [-0.1, -0.05) is 44.0 Å². The van der Waals surface area contributed by atoms with Crippen LogP contribution in [0.5, 0.6) is 0 Å². The van der Waals surface area contributed by atoms with Crippen LogP contribution in [0.2, 0.25) is 0 Å². The first-order valence-corrected chi connectivity index (χ1v) is 10.0. The SMILES string of the molecule is Brc1ccc2c(c1)sc1cc3c(cc12)sc1cc(Br)ccc13. The van der Waals surface area contributed by atoms with E-state index in [1.165, 1.54) is 40.3 Å². The van der Waals surface area contributed by atoms with Gasteiger partial charge in [0.25, 0.3) is 0 Å². The second kappa shape index (κ2) is 4.78. The van der Waals surface area contributed by atoms with E-state index >= 15 is 0 Å². The van der Waals surface area contributed by atoms with Crippen molar-refractivity contribution in [2.75, 3.05) is 0 Å². The zero-order valence-electron chi connectivity index (χ0n) is 11.2. The second-order valence-corrected chi connectivity index (χ2v) is 9.33. The lowest BCUT2D eigenvalue weighted by Crippen LogP contribution is -1.69. The summed E-state index contributed by atoms with van der Waals surface area (Å²) in [6, 6.07) is 17.8. The molecule has 0 N–H and O–H groups in total. The van der Waals surface area contributed by atoms with Gasteiger partial charge in [0.15, 0.2) is 0 Å². The van der Waals surface area contributed by atoms with Crippen molar-refractivity contribution in [3.05, 3.63) is 57.5 Å². The first kappa shape index (κ1) is 13.5. The van der Waals surface area contributed by atoms with Gasteiger partial charge in [0.05, 0.1) is 0 Å². The third-order valence-electron chi connectivity index (χ3n) is 3.99. The maximum Gasteiger partial charge on any atom is 0.0366 e. The highest BCUT2D eigenvalue weighted by atomic mass is 79.9. The molecule has 0 aliphatic rings. The molecule has 0 nitrogen and oxygen atoms in total. The number of halogens is 2. The van der Waals surface area contributed by atoms with Crippen molar-refractivity contribution >= 4 is 94.9 Å². The van der Waals surface area contributed by atoms with Crippen molar-refractivity contribution in [2.45, 2.75) is 0 Å². The highest BCUT2D eigenvalue weighted by Crippen LogP contribution is 2.42. The summed E-state index contributed by atoms with van der Waals surface area (Å²) < 4.78 is 7.70. The highest BCUT2D eigenvalue weighted by Gasteiger charge is 2.11. The maximum absolute atomic E-state index is 3.57. The summed E-state index contributed by atoms with van der Waals surface area (Å²) in [7, 11) is 0. The fourth-order valence-corrected chi connectivity index (χ4v) is 6.35. The number of hydrogen-bond donors (Lipinski definition) is 0. The van der Waals surface area contributed by atoms with Crippen molar-refractivity contribution < 1.29 is 0 Å². The van der Waals surface area contributed by atoms with Crippen LogP contribution in [0, 0.1) is 0 Å². The Bertz CT molecular complexity index is 1100. The Morgan fingerprint density at radius 2 is 0.909 bits per heavy atom. The minimum Gasteiger partial charge on any atom is -0.135 e. The molecule has 22 heavy (non-hydrogen) atoms. The van der Waals surface area contributed by atoms with Crippen LogP contribution in [0.1, 0.15) is 0 Å². The van der Waals surface area contributed by atoms with Gasteiger partial charge in [-0.15, -0.1) is 22.7 Å². The summed E-state index contributed by atoms with van der Waals surface area (Å²) in [6.45, 7) is 0. The molecule has 5 rings (SSSR count). The number of hydrogen-bond acceptors (Lipinski definition) is 2. The molecule has 0 aliphatic carbocycles. The second-order valence-electron chi connectivity index (χ2n) is 5.33. The van der Waals surface area contributed by atoms with Crippen LogP contribution >= 0.6 is 54.5 Å². The van der Waals surface area contributed by atoms with Crippen LogP contribution in [-0.2, 0) is 0 Å². The molecule has 106 valence electrons. The molecule has 0 aliphatic heterocycles. The first-order valence-electron chi connectivity index (χ1n) is 6.83. The summed E-state index contributed by atoms with van der Waals surface area (Å²) in [5.74, 6) is 0. The van der Waals surface area contributed by atoms with Crippen LogP contribution in [0.15, 0.2) is 57.5 Å². The van der Waals surface area contributed by atoms with Crippen LogP contribution < -0.4 is 0 Å². The van der Waals surface area contributed by atoms with Crippen LogP contribution in [-0.4, -0.2) is 0 Å². The van der Waals surface area contributed by atoms with E-state index in [-0.39, 0.29) is 0 Å². The Hall–Kier alpha value is -0.940. The van der Waals surface area contributed by atoms with Crippen molar-refractivity contribution in [2.24, 2.45) is 0 Å². The molecule has 2 heterocycles. The Balaban J connectivity index is 1.97. The standard InChI is InChI=1S/C18H8Br2S2/c19-9-1-3-11-13-7-18-14(8-17(13)21-15(11)5-9)12-4-2-10(20)6-16(12)22-18/h1-8H. The Kier molecular flexibility index (Phi) is 2.93. The van der Waals surface area contributed by atoms with Gasteiger partial charge >= 0.3 is 0 Å². The largest absolute Gasteiger partial charge is 0.135 e. The number of fused-ring (bicyclic) bond motifs is 6. The van der Waals surface area contributed by atoms with Crippen molar-refractivity contribution in [3.8, 4) is 0 Å². The number of benzene rings is 3. The van der Waals surface area contributed by atoms with Crippen LogP contribution in [0.3, 0.4) is 0 Å². The predicted molar refractivity (Wildman–Crippen MR) is 108 cm³/mol. The van der Waals surface area contributed by atoms with Gasteiger partial charge in [0, 0.05) is 49.3 Å². The van der Waals surface area contributed by atoms with Crippen molar-refractivity contribution in [3.63, 3.8) is 0 Å². The summed E-state index contributed by atoms with van der Waals surface area (Å²) in [5.41, 5.74) is 0. The van der Waals surface area contributed by atoms with Gasteiger partial charge in [-0.25, -0.2) is 0 Å². The Labute approximate surface area is 151 Å². The van der Waals surface area contributed by atoms with Crippen LogP contribution in [0.4, 0.5) is 0 Å². The maximum atomic E-state index is 3.57. The molecule has 3 aromatic carbocycles. The molecule has 0 atom stereocenters. The molecule has 0 saturated carbocycles. The Morgan fingerprint density at radius 1 is 0.500 bits per heavy atom. The fraction of sp³-hybridized carbons (Fsp3) is 0. The van der Waals surface area contributed by atoms with Gasteiger partial charge in [-0.3, -0.25) is 0 Å². The average molecular weight is 448 g/mol. The lowest BCUT2D eigenvalue weighted by Gasteiger charge is -1.95. The quantitative estimate of drug-likeness (QED) is 0.226. The van der Waals surface area contributed by atoms with E-state index in [9.17, 15) is 0 Å². The molecule has 0 amide bonds. The van der Waals surface area contributed by atoms with Gasteiger partial charge in [0.2, 0.25) is 0 Å². The molecule has 4 heteroatoms. The normalized spacial score (nSPS) is 12.1.